The van der Waals surface area contributed by atoms with E-state index in [1.807, 2.05) is 29.5 Å². The van der Waals surface area contributed by atoms with Crippen LogP contribution >= 0.6 is 11.3 Å². The summed E-state index contributed by atoms with van der Waals surface area (Å²) in [4.78, 5) is 16.7. The molecule has 2 fully saturated rings. The van der Waals surface area contributed by atoms with E-state index in [4.69, 9.17) is 0 Å². The molecule has 1 aromatic heterocycles. The average Bonchev–Trinajstić information content (AvgIpc) is 3.16. The lowest BCUT2D eigenvalue weighted by Gasteiger charge is -2.49. The topological polar surface area (TPSA) is 44.4 Å². The molecule has 4 nitrogen and oxygen atoms in total. The van der Waals surface area contributed by atoms with E-state index in [2.05, 4.69) is 46.0 Å². The van der Waals surface area contributed by atoms with Crippen LogP contribution in [0.4, 0.5) is 10.5 Å². The van der Waals surface area contributed by atoms with Gasteiger partial charge in [0.25, 0.3) is 0 Å². The number of hydrogen-bond acceptors (Lipinski definition) is 3. The summed E-state index contributed by atoms with van der Waals surface area (Å²) in [5.41, 5.74) is 2.10. The highest BCUT2D eigenvalue weighted by Gasteiger charge is 2.38. The van der Waals surface area contributed by atoms with E-state index in [1.165, 1.54) is 29.7 Å². The maximum atomic E-state index is 12.6. The summed E-state index contributed by atoms with van der Waals surface area (Å²) >= 11 is 1.85. The molecule has 3 heterocycles. The number of para-hydroxylation sites is 1. The minimum Gasteiger partial charge on any atom is -0.335 e. The van der Waals surface area contributed by atoms with Crippen LogP contribution in [-0.4, -0.2) is 29.1 Å². The predicted octanol–water partition coefficient (Wildman–Crippen LogP) is 5.02. The van der Waals surface area contributed by atoms with Crippen molar-refractivity contribution in [3.8, 4) is 0 Å². The van der Waals surface area contributed by atoms with Gasteiger partial charge in [-0.15, -0.1) is 11.3 Å². The Labute approximate surface area is 166 Å². The van der Waals surface area contributed by atoms with Crippen molar-refractivity contribution in [2.24, 2.45) is 0 Å². The van der Waals surface area contributed by atoms with E-state index in [0.717, 1.165) is 31.5 Å². The van der Waals surface area contributed by atoms with Crippen molar-refractivity contribution in [2.45, 2.75) is 70.1 Å². The van der Waals surface area contributed by atoms with Crippen LogP contribution in [0.25, 0.3) is 0 Å². The second kappa shape index (κ2) is 8.44. The van der Waals surface area contributed by atoms with E-state index in [0.29, 0.717) is 12.1 Å². The van der Waals surface area contributed by atoms with E-state index >= 15 is 0 Å². The molecular weight excluding hydrogens is 354 g/mol. The van der Waals surface area contributed by atoms with E-state index in [1.54, 1.807) is 0 Å². The van der Waals surface area contributed by atoms with Crippen molar-refractivity contribution in [3.63, 3.8) is 0 Å². The molecule has 2 saturated heterocycles. The van der Waals surface area contributed by atoms with Gasteiger partial charge in [-0.05, 0) is 55.2 Å². The predicted molar refractivity (Wildman–Crippen MR) is 112 cm³/mol. The highest BCUT2D eigenvalue weighted by atomic mass is 32.1. The van der Waals surface area contributed by atoms with Gasteiger partial charge in [-0.25, -0.2) is 4.79 Å². The number of nitrogens with zero attached hydrogens (tertiary/aromatic N) is 1. The van der Waals surface area contributed by atoms with Crippen molar-refractivity contribution in [2.75, 3.05) is 5.32 Å². The number of urea groups is 1. The first-order valence-electron chi connectivity index (χ1n) is 10.2. The highest BCUT2D eigenvalue weighted by Crippen LogP contribution is 2.35. The molecule has 144 valence electrons. The molecule has 2 amide bonds. The number of aryl methyl sites for hydroxylation is 1. The number of piperidine rings is 2. The van der Waals surface area contributed by atoms with Crippen molar-refractivity contribution in [1.29, 1.82) is 0 Å². The van der Waals surface area contributed by atoms with E-state index in [9.17, 15) is 4.79 Å². The Morgan fingerprint density at radius 1 is 1.15 bits per heavy atom. The smallest absolute Gasteiger partial charge is 0.319 e. The molecule has 27 heavy (non-hydrogen) atoms. The van der Waals surface area contributed by atoms with E-state index in [-0.39, 0.29) is 12.1 Å². The van der Waals surface area contributed by atoms with Gasteiger partial charge < -0.3 is 10.6 Å². The zero-order valence-corrected chi connectivity index (χ0v) is 16.8. The number of amides is 2. The summed E-state index contributed by atoms with van der Waals surface area (Å²) in [7, 11) is 0. The Morgan fingerprint density at radius 2 is 1.93 bits per heavy atom. The standard InChI is InChI=1S/C22H29N3OS/c1-2-16-7-3-4-11-21(16)24-22(26)23-17-13-18-8-5-9-19(14-17)25(18)15-20-10-6-12-27-20/h3-4,6-7,10-12,17-19H,2,5,8-9,13-15H2,1H3,(H2,23,24,26)/t17?,18-,19+. The second-order valence-corrected chi connectivity index (χ2v) is 8.80. The molecule has 5 heteroatoms. The number of fused-ring (bicyclic) bond motifs is 2. The number of carbonyl (C=O) groups excluding carboxylic acids is 1. The van der Waals surface area contributed by atoms with Gasteiger partial charge in [-0.3, -0.25) is 4.90 Å². The van der Waals surface area contributed by atoms with Gasteiger partial charge >= 0.3 is 6.03 Å². The number of hydrogen-bond donors (Lipinski definition) is 2. The summed E-state index contributed by atoms with van der Waals surface area (Å²) in [6.07, 6.45) is 6.86. The fourth-order valence-corrected chi connectivity index (χ4v) is 5.44. The molecule has 2 aromatic rings. The maximum absolute atomic E-state index is 12.6. The summed E-state index contributed by atoms with van der Waals surface area (Å²) in [6, 6.07) is 13.8. The Morgan fingerprint density at radius 3 is 2.63 bits per heavy atom. The maximum Gasteiger partial charge on any atom is 0.319 e. The number of carbonyl (C=O) groups is 1. The molecule has 1 unspecified atom stereocenters. The van der Waals surface area contributed by atoms with Crippen LogP contribution in [0, 0.1) is 0 Å². The molecule has 0 spiro atoms. The summed E-state index contributed by atoms with van der Waals surface area (Å²) in [6.45, 7) is 3.18. The van der Waals surface area contributed by atoms with Crippen molar-refractivity contribution < 1.29 is 4.79 Å². The largest absolute Gasteiger partial charge is 0.335 e. The molecule has 2 N–H and O–H groups in total. The lowest BCUT2D eigenvalue weighted by atomic mass is 9.81. The van der Waals surface area contributed by atoms with Crippen LogP contribution < -0.4 is 10.6 Å². The molecule has 1 aromatic carbocycles. The lowest BCUT2D eigenvalue weighted by molar-refractivity contribution is 0.0208. The zero-order valence-electron chi connectivity index (χ0n) is 16.0. The van der Waals surface area contributed by atoms with Crippen LogP contribution in [0.15, 0.2) is 41.8 Å². The first kappa shape index (κ1) is 18.5. The third kappa shape index (κ3) is 4.36. The van der Waals surface area contributed by atoms with Crippen molar-refractivity contribution in [3.05, 3.63) is 52.2 Å². The molecule has 0 aliphatic carbocycles. The fourth-order valence-electron chi connectivity index (χ4n) is 4.73. The third-order valence-electron chi connectivity index (χ3n) is 6.03. The Balaban J connectivity index is 1.36. The number of nitrogens with one attached hydrogen (secondary N) is 2. The lowest BCUT2D eigenvalue weighted by Crippen LogP contribution is -2.56. The Bertz CT molecular complexity index is 747. The number of benzene rings is 1. The minimum atomic E-state index is -0.0642. The normalized spacial score (nSPS) is 25.1. The molecular formula is C22H29N3OS. The molecule has 3 atom stereocenters. The summed E-state index contributed by atoms with van der Waals surface area (Å²) in [5, 5.41) is 8.48. The zero-order chi connectivity index (χ0) is 18.6. The van der Waals surface area contributed by atoms with Crippen LogP contribution in [0.3, 0.4) is 0 Å². The molecule has 0 saturated carbocycles. The summed E-state index contributed by atoms with van der Waals surface area (Å²) < 4.78 is 0. The highest BCUT2D eigenvalue weighted by molar-refractivity contribution is 7.09. The van der Waals surface area contributed by atoms with Crippen LogP contribution in [-0.2, 0) is 13.0 Å². The first-order chi connectivity index (χ1) is 13.2. The van der Waals surface area contributed by atoms with Gasteiger partial charge in [0.2, 0.25) is 0 Å². The molecule has 2 aliphatic heterocycles. The van der Waals surface area contributed by atoms with Gasteiger partial charge in [0.15, 0.2) is 0 Å². The number of anilines is 1. The van der Waals surface area contributed by atoms with Crippen LogP contribution in [0.2, 0.25) is 0 Å². The van der Waals surface area contributed by atoms with Gasteiger partial charge in [0.1, 0.15) is 0 Å². The number of thiophene rings is 1. The average molecular weight is 384 g/mol. The number of rotatable bonds is 5. The third-order valence-corrected chi connectivity index (χ3v) is 6.89. The summed E-state index contributed by atoms with van der Waals surface area (Å²) in [5.74, 6) is 0. The van der Waals surface area contributed by atoms with Crippen LogP contribution in [0.5, 0.6) is 0 Å². The molecule has 2 aliphatic rings. The minimum absolute atomic E-state index is 0.0642. The van der Waals surface area contributed by atoms with Crippen LogP contribution in [0.1, 0.15) is 49.5 Å². The van der Waals surface area contributed by atoms with Crippen molar-refractivity contribution in [1.82, 2.24) is 10.2 Å². The molecule has 2 bridgehead atoms. The van der Waals surface area contributed by atoms with Gasteiger partial charge in [-0.2, -0.15) is 0 Å². The van der Waals surface area contributed by atoms with Crippen molar-refractivity contribution >= 4 is 23.1 Å². The molecule has 0 radical (unpaired) electrons. The quantitative estimate of drug-likeness (QED) is 0.761. The fraction of sp³-hybridized carbons (Fsp3) is 0.500. The Kier molecular flexibility index (Phi) is 5.79. The van der Waals surface area contributed by atoms with Gasteiger partial charge in [-0.1, -0.05) is 37.6 Å². The molecule has 4 rings (SSSR count). The van der Waals surface area contributed by atoms with Gasteiger partial charge in [0.05, 0.1) is 0 Å². The monoisotopic (exact) mass is 383 g/mol. The second-order valence-electron chi connectivity index (χ2n) is 7.77. The van der Waals surface area contributed by atoms with Gasteiger partial charge in [0, 0.05) is 35.2 Å². The first-order valence-corrected chi connectivity index (χ1v) is 11.0. The SMILES string of the molecule is CCc1ccccc1NC(=O)NC1C[C@H]2CCC[C@@H](C1)N2Cc1cccs1. The Hall–Kier alpha value is -1.85. The van der Waals surface area contributed by atoms with E-state index < -0.39 is 0 Å².